The first kappa shape index (κ1) is 13.0. The Kier molecular flexibility index (Phi) is 5.10. The second-order valence-electron chi connectivity index (χ2n) is 5.38. The van der Waals surface area contributed by atoms with Gasteiger partial charge in [0.15, 0.2) is 0 Å². The molecule has 1 aliphatic carbocycles. The SMILES string of the molecule is CC(C)(CCCBr)CNC(=O)CC1CC1. The highest BCUT2D eigenvalue weighted by atomic mass is 79.9. The van der Waals surface area contributed by atoms with E-state index in [0.29, 0.717) is 5.92 Å². The Hall–Kier alpha value is -0.0500. The van der Waals surface area contributed by atoms with Gasteiger partial charge in [-0.25, -0.2) is 0 Å². The van der Waals surface area contributed by atoms with Gasteiger partial charge in [0.2, 0.25) is 5.91 Å². The van der Waals surface area contributed by atoms with Crippen LogP contribution in [-0.4, -0.2) is 17.8 Å². The third-order valence-electron chi connectivity index (χ3n) is 2.92. The summed E-state index contributed by atoms with van der Waals surface area (Å²) in [7, 11) is 0. The predicted octanol–water partition coefficient (Wildman–Crippen LogP) is 3.10. The van der Waals surface area contributed by atoms with Gasteiger partial charge in [-0.1, -0.05) is 29.8 Å². The molecule has 0 heterocycles. The Balaban J connectivity index is 2.12. The largest absolute Gasteiger partial charge is 0.356 e. The topological polar surface area (TPSA) is 29.1 Å². The summed E-state index contributed by atoms with van der Waals surface area (Å²) in [6.45, 7) is 5.24. The van der Waals surface area contributed by atoms with Crippen LogP contribution in [0.3, 0.4) is 0 Å². The minimum atomic E-state index is 0.229. The van der Waals surface area contributed by atoms with Gasteiger partial charge in [0, 0.05) is 18.3 Å². The first-order chi connectivity index (χ1) is 7.03. The predicted molar refractivity (Wildman–Crippen MR) is 67.2 cm³/mol. The molecule has 1 amide bonds. The maximum atomic E-state index is 11.5. The molecule has 1 N–H and O–H groups in total. The van der Waals surface area contributed by atoms with E-state index in [-0.39, 0.29) is 11.3 Å². The molecule has 1 rings (SSSR count). The standard InChI is InChI=1S/C12H22BrNO/c1-12(2,6-3-7-13)9-14-11(15)8-10-4-5-10/h10H,3-9H2,1-2H3,(H,14,15). The van der Waals surface area contributed by atoms with Gasteiger partial charge < -0.3 is 5.32 Å². The molecule has 0 atom stereocenters. The fourth-order valence-corrected chi connectivity index (χ4v) is 1.91. The molecule has 2 nitrogen and oxygen atoms in total. The zero-order chi connectivity index (χ0) is 11.3. The summed E-state index contributed by atoms with van der Waals surface area (Å²) in [6.07, 6.45) is 5.57. The molecule has 1 aliphatic rings. The Morgan fingerprint density at radius 3 is 2.67 bits per heavy atom. The molecule has 0 bridgehead atoms. The molecular formula is C12H22BrNO. The highest BCUT2D eigenvalue weighted by Crippen LogP contribution is 2.32. The van der Waals surface area contributed by atoms with Crippen LogP contribution >= 0.6 is 15.9 Å². The van der Waals surface area contributed by atoms with E-state index < -0.39 is 0 Å². The number of amides is 1. The molecule has 0 aromatic heterocycles. The van der Waals surface area contributed by atoms with Crippen molar-refractivity contribution >= 4 is 21.8 Å². The summed E-state index contributed by atoms with van der Waals surface area (Å²) in [6, 6.07) is 0. The zero-order valence-electron chi connectivity index (χ0n) is 9.81. The van der Waals surface area contributed by atoms with Crippen molar-refractivity contribution in [1.29, 1.82) is 0 Å². The second kappa shape index (κ2) is 5.88. The van der Waals surface area contributed by atoms with Crippen LogP contribution in [0.1, 0.15) is 46.0 Å². The van der Waals surface area contributed by atoms with Gasteiger partial charge in [-0.05, 0) is 37.0 Å². The minimum absolute atomic E-state index is 0.229. The summed E-state index contributed by atoms with van der Waals surface area (Å²) in [4.78, 5) is 11.5. The van der Waals surface area contributed by atoms with E-state index in [9.17, 15) is 4.79 Å². The molecule has 0 aromatic carbocycles. The summed E-state index contributed by atoms with van der Waals surface area (Å²) in [5.74, 6) is 0.931. The van der Waals surface area contributed by atoms with Gasteiger partial charge in [-0.2, -0.15) is 0 Å². The molecule has 0 spiro atoms. The normalized spacial score (nSPS) is 16.5. The molecule has 0 unspecified atom stereocenters. The molecule has 1 saturated carbocycles. The average molecular weight is 276 g/mol. The highest BCUT2D eigenvalue weighted by molar-refractivity contribution is 9.09. The Morgan fingerprint density at radius 1 is 1.47 bits per heavy atom. The zero-order valence-corrected chi connectivity index (χ0v) is 11.4. The molecule has 88 valence electrons. The molecule has 0 aliphatic heterocycles. The monoisotopic (exact) mass is 275 g/mol. The van der Waals surface area contributed by atoms with E-state index in [1.165, 1.54) is 19.3 Å². The number of hydrogen-bond acceptors (Lipinski definition) is 1. The van der Waals surface area contributed by atoms with Crippen LogP contribution in [-0.2, 0) is 4.79 Å². The van der Waals surface area contributed by atoms with Crippen LogP contribution in [0, 0.1) is 11.3 Å². The van der Waals surface area contributed by atoms with Gasteiger partial charge in [-0.3, -0.25) is 4.79 Å². The number of halogens is 1. The third-order valence-corrected chi connectivity index (χ3v) is 3.48. The average Bonchev–Trinajstić information content (AvgIpc) is 2.96. The lowest BCUT2D eigenvalue weighted by molar-refractivity contribution is -0.121. The van der Waals surface area contributed by atoms with Crippen LogP contribution in [0.15, 0.2) is 0 Å². The first-order valence-corrected chi connectivity index (χ1v) is 6.98. The van der Waals surface area contributed by atoms with Gasteiger partial charge in [0.1, 0.15) is 0 Å². The van der Waals surface area contributed by atoms with Crippen LogP contribution in [0.2, 0.25) is 0 Å². The summed E-state index contributed by atoms with van der Waals surface area (Å²) < 4.78 is 0. The molecular weight excluding hydrogens is 254 g/mol. The van der Waals surface area contributed by atoms with Gasteiger partial charge in [-0.15, -0.1) is 0 Å². The van der Waals surface area contributed by atoms with Crippen molar-refractivity contribution in [1.82, 2.24) is 5.32 Å². The van der Waals surface area contributed by atoms with E-state index in [4.69, 9.17) is 0 Å². The summed E-state index contributed by atoms with van der Waals surface area (Å²) in [5, 5.41) is 4.10. The van der Waals surface area contributed by atoms with Gasteiger partial charge in [0.25, 0.3) is 0 Å². The van der Waals surface area contributed by atoms with Crippen LogP contribution in [0.25, 0.3) is 0 Å². The van der Waals surface area contributed by atoms with Crippen molar-refractivity contribution in [3.63, 3.8) is 0 Å². The summed E-state index contributed by atoms with van der Waals surface area (Å²) in [5.41, 5.74) is 0.229. The number of nitrogens with one attached hydrogen (secondary N) is 1. The van der Waals surface area contributed by atoms with E-state index in [0.717, 1.165) is 24.7 Å². The van der Waals surface area contributed by atoms with Gasteiger partial charge >= 0.3 is 0 Å². The van der Waals surface area contributed by atoms with E-state index in [1.807, 2.05) is 0 Å². The fourth-order valence-electron chi connectivity index (χ4n) is 1.63. The molecule has 3 heteroatoms. The number of alkyl halides is 1. The maximum absolute atomic E-state index is 11.5. The number of hydrogen-bond donors (Lipinski definition) is 1. The summed E-state index contributed by atoms with van der Waals surface area (Å²) >= 11 is 3.44. The number of rotatable bonds is 7. The Morgan fingerprint density at radius 2 is 2.13 bits per heavy atom. The number of carbonyl (C=O) groups excluding carboxylic acids is 1. The molecule has 0 radical (unpaired) electrons. The van der Waals surface area contributed by atoms with Crippen molar-refractivity contribution in [3.05, 3.63) is 0 Å². The van der Waals surface area contributed by atoms with Crippen LogP contribution < -0.4 is 5.32 Å². The maximum Gasteiger partial charge on any atom is 0.220 e. The minimum Gasteiger partial charge on any atom is -0.356 e. The fraction of sp³-hybridized carbons (Fsp3) is 0.917. The van der Waals surface area contributed by atoms with Gasteiger partial charge in [0.05, 0.1) is 0 Å². The van der Waals surface area contributed by atoms with Crippen molar-refractivity contribution < 1.29 is 4.79 Å². The molecule has 15 heavy (non-hydrogen) atoms. The third kappa shape index (κ3) is 6.18. The van der Waals surface area contributed by atoms with Crippen molar-refractivity contribution in [3.8, 4) is 0 Å². The lowest BCUT2D eigenvalue weighted by Crippen LogP contribution is -2.34. The Bertz CT molecular complexity index is 212. The van der Waals surface area contributed by atoms with E-state index in [1.54, 1.807) is 0 Å². The highest BCUT2D eigenvalue weighted by Gasteiger charge is 2.25. The van der Waals surface area contributed by atoms with Crippen LogP contribution in [0.4, 0.5) is 0 Å². The van der Waals surface area contributed by atoms with Crippen LogP contribution in [0.5, 0.6) is 0 Å². The van der Waals surface area contributed by atoms with E-state index in [2.05, 4.69) is 35.1 Å². The van der Waals surface area contributed by atoms with Crippen molar-refractivity contribution in [2.75, 3.05) is 11.9 Å². The lowest BCUT2D eigenvalue weighted by atomic mass is 9.88. The smallest absolute Gasteiger partial charge is 0.220 e. The lowest BCUT2D eigenvalue weighted by Gasteiger charge is -2.24. The number of carbonyl (C=O) groups is 1. The first-order valence-electron chi connectivity index (χ1n) is 5.86. The molecule has 0 saturated heterocycles. The van der Waals surface area contributed by atoms with E-state index >= 15 is 0 Å². The van der Waals surface area contributed by atoms with Crippen molar-refractivity contribution in [2.45, 2.75) is 46.0 Å². The quantitative estimate of drug-likeness (QED) is 0.711. The Labute approximate surface area is 101 Å². The van der Waals surface area contributed by atoms with Crippen molar-refractivity contribution in [2.24, 2.45) is 11.3 Å². The molecule has 1 fully saturated rings. The molecule has 0 aromatic rings. The second-order valence-corrected chi connectivity index (χ2v) is 6.17.